The van der Waals surface area contributed by atoms with Crippen molar-refractivity contribution in [3.63, 3.8) is 0 Å². The number of aromatic nitrogens is 3. The first-order valence-corrected chi connectivity index (χ1v) is 9.88. The molecule has 26 heavy (non-hydrogen) atoms. The molecule has 0 radical (unpaired) electrons. The summed E-state index contributed by atoms with van der Waals surface area (Å²) < 4.78 is 2.80. The molecular formula is C18H21ClN4O2S. The van der Waals surface area contributed by atoms with E-state index >= 15 is 0 Å². The molecule has 0 spiro atoms. The zero-order valence-electron chi connectivity index (χ0n) is 14.8. The molecule has 8 heteroatoms. The molecule has 3 rings (SSSR count). The number of fused-ring (bicyclic) bond motifs is 1. The maximum atomic E-state index is 12.9. The van der Waals surface area contributed by atoms with E-state index in [-0.39, 0.29) is 5.56 Å². The van der Waals surface area contributed by atoms with Crippen molar-refractivity contribution in [2.45, 2.75) is 39.7 Å². The molecular weight excluding hydrogens is 372 g/mol. The summed E-state index contributed by atoms with van der Waals surface area (Å²) in [6, 6.07) is 5.22. The second-order valence-electron chi connectivity index (χ2n) is 6.12. The number of nitrogens with zero attached hydrogens (tertiary/aromatic N) is 3. The molecule has 138 valence electrons. The van der Waals surface area contributed by atoms with Gasteiger partial charge in [-0.15, -0.1) is 11.3 Å². The van der Waals surface area contributed by atoms with Gasteiger partial charge in [-0.05, 0) is 42.8 Å². The van der Waals surface area contributed by atoms with Gasteiger partial charge in [0.05, 0.1) is 5.39 Å². The third-order valence-electron chi connectivity index (χ3n) is 4.20. The van der Waals surface area contributed by atoms with Crippen molar-refractivity contribution in [2.75, 3.05) is 6.54 Å². The van der Waals surface area contributed by atoms with Gasteiger partial charge in [0.2, 0.25) is 0 Å². The van der Waals surface area contributed by atoms with E-state index in [0.29, 0.717) is 29.3 Å². The maximum Gasteiger partial charge on any atom is 0.343 e. The van der Waals surface area contributed by atoms with Crippen LogP contribution in [0, 0.1) is 6.92 Å². The van der Waals surface area contributed by atoms with E-state index in [2.05, 4.69) is 17.2 Å². The van der Waals surface area contributed by atoms with Crippen LogP contribution in [-0.2, 0) is 13.0 Å². The van der Waals surface area contributed by atoms with Crippen molar-refractivity contribution in [1.82, 2.24) is 19.7 Å². The number of hydrogen-bond acceptors (Lipinski definition) is 4. The van der Waals surface area contributed by atoms with Gasteiger partial charge in [0, 0.05) is 18.0 Å². The molecule has 1 N–H and O–H groups in total. The molecule has 0 saturated heterocycles. The number of amides is 1. The topological polar surface area (TPSA) is 68.9 Å². The highest BCUT2D eigenvalue weighted by atomic mass is 35.5. The van der Waals surface area contributed by atoms with Gasteiger partial charge in [0.25, 0.3) is 5.56 Å². The van der Waals surface area contributed by atoms with Gasteiger partial charge in [-0.2, -0.15) is 4.68 Å². The predicted molar refractivity (Wildman–Crippen MR) is 105 cm³/mol. The average molecular weight is 393 g/mol. The predicted octanol–water partition coefficient (Wildman–Crippen LogP) is 3.82. The zero-order chi connectivity index (χ0) is 18.7. The molecule has 0 unspecified atom stereocenters. The quantitative estimate of drug-likeness (QED) is 0.648. The SMILES string of the molecule is CCCCn1c2nc(Cl)cc(C)c2c(=O)n1C(=O)NCCc1cccs1. The highest BCUT2D eigenvalue weighted by molar-refractivity contribution is 7.09. The second kappa shape index (κ2) is 8.05. The van der Waals surface area contributed by atoms with E-state index in [1.807, 2.05) is 17.5 Å². The molecule has 0 aliphatic carbocycles. The Balaban J connectivity index is 1.94. The standard InChI is InChI=1S/C18H21ClN4O2S/c1-3-4-9-22-16-15(12(2)11-14(19)21-16)17(24)23(22)18(25)20-8-7-13-6-5-10-26-13/h5-6,10-11H,3-4,7-9H2,1-2H3,(H,20,25). The largest absolute Gasteiger partial charge is 0.343 e. The van der Waals surface area contributed by atoms with Gasteiger partial charge < -0.3 is 5.32 Å². The Morgan fingerprint density at radius 3 is 2.92 bits per heavy atom. The lowest BCUT2D eigenvalue weighted by Crippen LogP contribution is -2.39. The number of nitrogens with one attached hydrogen (secondary N) is 1. The molecule has 6 nitrogen and oxygen atoms in total. The maximum absolute atomic E-state index is 12.9. The lowest BCUT2D eigenvalue weighted by molar-refractivity contribution is 0.234. The number of pyridine rings is 1. The molecule has 0 aliphatic rings. The highest BCUT2D eigenvalue weighted by Gasteiger charge is 2.21. The van der Waals surface area contributed by atoms with Crippen molar-refractivity contribution in [3.8, 4) is 0 Å². The molecule has 3 heterocycles. The summed E-state index contributed by atoms with van der Waals surface area (Å²) >= 11 is 7.72. The summed E-state index contributed by atoms with van der Waals surface area (Å²) in [5.74, 6) is 0. The van der Waals surface area contributed by atoms with Crippen LogP contribution in [0.25, 0.3) is 11.0 Å². The summed E-state index contributed by atoms with van der Waals surface area (Å²) in [6.45, 7) is 4.86. The molecule has 0 aromatic carbocycles. The normalized spacial score (nSPS) is 11.2. The Hall–Kier alpha value is -2.12. The van der Waals surface area contributed by atoms with Crippen LogP contribution in [-0.4, -0.2) is 26.9 Å². The minimum atomic E-state index is -0.434. The Bertz CT molecular complexity index is 975. The number of aryl methyl sites for hydroxylation is 2. The molecule has 3 aromatic heterocycles. The van der Waals surface area contributed by atoms with Crippen molar-refractivity contribution in [1.29, 1.82) is 0 Å². The van der Waals surface area contributed by atoms with Crippen LogP contribution >= 0.6 is 22.9 Å². The fourth-order valence-electron chi connectivity index (χ4n) is 2.92. The molecule has 0 bridgehead atoms. The fraction of sp³-hybridized carbons (Fsp3) is 0.389. The van der Waals surface area contributed by atoms with Crippen LogP contribution in [0.4, 0.5) is 4.79 Å². The minimum Gasteiger partial charge on any atom is -0.336 e. The monoisotopic (exact) mass is 392 g/mol. The van der Waals surface area contributed by atoms with E-state index in [1.165, 1.54) is 4.88 Å². The number of carbonyl (C=O) groups is 1. The van der Waals surface area contributed by atoms with Gasteiger partial charge in [0.1, 0.15) is 5.15 Å². The fourth-order valence-corrected chi connectivity index (χ4v) is 3.87. The van der Waals surface area contributed by atoms with Gasteiger partial charge in [-0.3, -0.25) is 9.48 Å². The molecule has 0 atom stereocenters. The van der Waals surface area contributed by atoms with Crippen LogP contribution < -0.4 is 10.9 Å². The Labute approximate surface area is 160 Å². The zero-order valence-corrected chi connectivity index (χ0v) is 16.4. The summed E-state index contributed by atoms with van der Waals surface area (Å²) in [5.41, 5.74) is 0.827. The van der Waals surface area contributed by atoms with E-state index in [0.717, 1.165) is 29.5 Å². The Kier molecular flexibility index (Phi) is 5.78. The number of thiophene rings is 1. The van der Waals surface area contributed by atoms with Crippen LogP contribution in [0.15, 0.2) is 28.4 Å². The first-order valence-electron chi connectivity index (χ1n) is 8.62. The van der Waals surface area contributed by atoms with Crippen LogP contribution in [0.3, 0.4) is 0 Å². The average Bonchev–Trinajstić information content (AvgIpc) is 3.19. The summed E-state index contributed by atoms with van der Waals surface area (Å²) in [6.07, 6.45) is 2.50. The van der Waals surface area contributed by atoms with Crippen molar-refractivity contribution in [3.05, 3.63) is 49.5 Å². The molecule has 1 amide bonds. The number of rotatable bonds is 6. The lowest BCUT2D eigenvalue weighted by atomic mass is 10.2. The molecule has 0 saturated carbocycles. The summed E-state index contributed by atoms with van der Waals surface area (Å²) in [4.78, 5) is 31.1. The first kappa shape index (κ1) is 18.7. The first-order chi connectivity index (χ1) is 12.5. The van der Waals surface area contributed by atoms with Gasteiger partial charge >= 0.3 is 6.03 Å². The Morgan fingerprint density at radius 2 is 2.23 bits per heavy atom. The van der Waals surface area contributed by atoms with E-state index in [1.54, 1.807) is 29.0 Å². The van der Waals surface area contributed by atoms with Crippen LogP contribution in [0.5, 0.6) is 0 Å². The van der Waals surface area contributed by atoms with E-state index in [9.17, 15) is 9.59 Å². The number of hydrogen-bond donors (Lipinski definition) is 1. The third kappa shape index (κ3) is 3.68. The highest BCUT2D eigenvalue weighted by Crippen LogP contribution is 2.19. The minimum absolute atomic E-state index is 0.315. The smallest absolute Gasteiger partial charge is 0.336 e. The van der Waals surface area contributed by atoms with Crippen molar-refractivity contribution in [2.24, 2.45) is 0 Å². The Morgan fingerprint density at radius 1 is 1.42 bits per heavy atom. The van der Waals surface area contributed by atoms with Gasteiger partial charge in [-0.1, -0.05) is 31.0 Å². The van der Waals surface area contributed by atoms with E-state index in [4.69, 9.17) is 11.6 Å². The molecule has 3 aromatic rings. The van der Waals surface area contributed by atoms with Crippen LogP contribution in [0.2, 0.25) is 5.15 Å². The lowest BCUT2D eigenvalue weighted by Gasteiger charge is -2.11. The van der Waals surface area contributed by atoms with Crippen molar-refractivity contribution < 1.29 is 4.79 Å². The molecule has 0 aliphatic heterocycles. The number of halogens is 1. The van der Waals surface area contributed by atoms with Crippen LogP contribution in [0.1, 0.15) is 30.2 Å². The second-order valence-corrected chi connectivity index (χ2v) is 7.53. The van der Waals surface area contributed by atoms with E-state index < -0.39 is 6.03 Å². The summed E-state index contributed by atoms with van der Waals surface area (Å²) in [7, 11) is 0. The van der Waals surface area contributed by atoms with Gasteiger partial charge in [-0.25, -0.2) is 9.78 Å². The summed E-state index contributed by atoms with van der Waals surface area (Å²) in [5, 5.41) is 5.60. The molecule has 0 fully saturated rings. The number of unbranched alkanes of at least 4 members (excludes halogenated alkanes) is 1. The van der Waals surface area contributed by atoms with Crippen molar-refractivity contribution >= 4 is 40.0 Å². The number of carbonyl (C=O) groups excluding carboxylic acids is 1. The van der Waals surface area contributed by atoms with Gasteiger partial charge in [0.15, 0.2) is 5.65 Å². The third-order valence-corrected chi connectivity index (χ3v) is 5.33.